The minimum Gasteiger partial charge on any atom is -0.452 e. The zero-order valence-electron chi connectivity index (χ0n) is 13.3. The van der Waals surface area contributed by atoms with Gasteiger partial charge in [-0.3, -0.25) is 4.79 Å². The Kier molecular flexibility index (Phi) is 6.45. The van der Waals surface area contributed by atoms with Crippen molar-refractivity contribution in [2.75, 3.05) is 11.9 Å². The molecule has 0 radical (unpaired) electrons. The molecule has 2 aromatic rings. The summed E-state index contributed by atoms with van der Waals surface area (Å²) in [6, 6.07) is 7.13. The molecule has 27 heavy (non-hydrogen) atoms. The number of amides is 1. The number of carbonyl (C=O) groups is 2. The van der Waals surface area contributed by atoms with Crippen LogP contribution in [0.2, 0.25) is 5.02 Å². The van der Waals surface area contributed by atoms with E-state index in [-0.39, 0.29) is 16.3 Å². The summed E-state index contributed by atoms with van der Waals surface area (Å²) in [4.78, 5) is 22.8. The first-order valence-corrected chi connectivity index (χ1v) is 9.08. The fourth-order valence-corrected chi connectivity index (χ4v) is 2.76. The Balaban J connectivity index is 1.96. The van der Waals surface area contributed by atoms with Crippen molar-refractivity contribution in [1.82, 2.24) is 0 Å². The maximum Gasteiger partial charge on any atom is 0.341 e. The van der Waals surface area contributed by atoms with Crippen molar-refractivity contribution in [2.24, 2.45) is 0 Å². The number of esters is 1. The van der Waals surface area contributed by atoms with Gasteiger partial charge in [0.2, 0.25) is 9.84 Å². The summed E-state index contributed by atoms with van der Waals surface area (Å²) in [5, 5.41) is 2.31. The minimum atomic E-state index is -4.78. The van der Waals surface area contributed by atoms with Gasteiger partial charge >= 0.3 is 11.7 Å². The maximum atomic E-state index is 13.6. The summed E-state index contributed by atoms with van der Waals surface area (Å²) in [5.74, 6) is -6.20. The molecule has 1 amide bonds. The molecule has 2 rings (SSSR count). The van der Waals surface area contributed by atoms with E-state index in [4.69, 9.17) is 16.3 Å². The molecular formula is C16H11ClF3NO5S. The van der Waals surface area contributed by atoms with E-state index in [0.29, 0.717) is 0 Å². The van der Waals surface area contributed by atoms with Gasteiger partial charge in [-0.1, -0.05) is 11.6 Å². The van der Waals surface area contributed by atoms with Gasteiger partial charge in [0.25, 0.3) is 5.91 Å². The van der Waals surface area contributed by atoms with Gasteiger partial charge in [0.15, 0.2) is 6.61 Å². The second-order valence-electron chi connectivity index (χ2n) is 5.08. The number of anilines is 1. The van der Waals surface area contributed by atoms with Crippen molar-refractivity contribution >= 4 is 39.0 Å². The van der Waals surface area contributed by atoms with Crippen LogP contribution in [0.4, 0.5) is 18.9 Å². The number of nitrogens with one attached hydrogen (secondary N) is 1. The molecule has 0 unspecified atom stereocenters. The third-order valence-corrected chi connectivity index (χ3v) is 4.83. The van der Waals surface area contributed by atoms with Crippen molar-refractivity contribution in [3.8, 4) is 0 Å². The number of hydrogen-bond acceptors (Lipinski definition) is 5. The Morgan fingerprint density at radius 1 is 1.11 bits per heavy atom. The molecule has 0 aliphatic rings. The standard InChI is InChI=1S/C16H11ClF3NO5S/c17-10-3-6-13(12(18)7-10)21-14(22)8-26-15(23)9-1-4-11(5-2-9)27(24,25)16(19)20/h1-7,16H,8H2,(H,21,22). The Morgan fingerprint density at radius 2 is 1.74 bits per heavy atom. The summed E-state index contributed by atoms with van der Waals surface area (Å²) >= 11 is 5.58. The highest BCUT2D eigenvalue weighted by Crippen LogP contribution is 2.20. The molecule has 11 heteroatoms. The number of benzene rings is 2. The first kappa shape index (κ1) is 20.7. The molecule has 0 aliphatic carbocycles. The Hall–Kier alpha value is -2.59. The van der Waals surface area contributed by atoms with E-state index in [0.717, 1.165) is 30.3 Å². The molecule has 0 saturated carbocycles. The van der Waals surface area contributed by atoms with Crippen molar-refractivity contribution in [2.45, 2.75) is 10.7 Å². The number of sulfone groups is 1. The van der Waals surface area contributed by atoms with Crippen molar-refractivity contribution in [1.29, 1.82) is 0 Å². The number of alkyl halides is 2. The highest BCUT2D eigenvalue weighted by atomic mass is 35.5. The van der Waals surface area contributed by atoms with Crippen LogP contribution in [0.15, 0.2) is 47.4 Å². The second kappa shape index (κ2) is 8.40. The molecule has 0 atom stereocenters. The maximum absolute atomic E-state index is 13.6. The highest BCUT2D eigenvalue weighted by Gasteiger charge is 2.26. The predicted molar refractivity (Wildman–Crippen MR) is 90.0 cm³/mol. The lowest BCUT2D eigenvalue weighted by Crippen LogP contribution is -2.21. The van der Waals surface area contributed by atoms with E-state index in [2.05, 4.69) is 5.32 Å². The monoisotopic (exact) mass is 421 g/mol. The van der Waals surface area contributed by atoms with Gasteiger partial charge in [-0.05, 0) is 42.5 Å². The van der Waals surface area contributed by atoms with Crippen molar-refractivity contribution in [3.63, 3.8) is 0 Å². The van der Waals surface area contributed by atoms with Crippen molar-refractivity contribution in [3.05, 3.63) is 58.9 Å². The summed E-state index contributed by atoms with van der Waals surface area (Å²) < 4.78 is 65.7. The van der Waals surface area contributed by atoms with E-state index in [9.17, 15) is 31.2 Å². The van der Waals surface area contributed by atoms with Gasteiger partial charge in [0.05, 0.1) is 16.1 Å². The lowest BCUT2D eigenvalue weighted by atomic mass is 10.2. The topological polar surface area (TPSA) is 89.5 Å². The number of halogens is 4. The van der Waals surface area contributed by atoms with Gasteiger partial charge < -0.3 is 10.1 Å². The molecular weight excluding hydrogens is 411 g/mol. The summed E-state index contributed by atoms with van der Waals surface area (Å²) in [7, 11) is -4.78. The van der Waals surface area contributed by atoms with Gasteiger partial charge in [-0.2, -0.15) is 8.78 Å². The summed E-state index contributed by atoms with van der Waals surface area (Å²) in [5.41, 5.74) is -0.323. The van der Waals surface area contributed by atoms with Gasteiger partial charge in [-0.25, -0.2) is 17.6 Å². The second-order valence-corrected chi connectivity index (χ2v) is 7.43. The van der Waals surface area contributed by atoms with Crippen LogP contribution in [0.3, 0.4) is 0 Å². The van der Waals surface area contributed by atoms with Crippen LogP contribution in [0.5, 0.6) is 0 Å². The highest BCUT2D eigenvalue weighted by molar-refractivity contribution is 7.91. The van der Waals surface area contributed by atoms with Crippen LogP contribution in [-0.4, -0.2) is 32.7 Å². The van der Waals surface area contributed by atoms with E-state index in [1.807, 2.05) is 0 Å². The van der Waals surface area contributed by atoms with Gasteiger partial charge in [0, 0.05) is 5.02 Å². The molecule has 0 aliphatic heterocycles. The van der Waals surface area contributed by atoms with Crippen LogP contribution < -0.4 is 5.32 Å². The molecule has 0 heterocycles. The SMILES string of the molecule is O=C(COC(=O)c1ccc(S(=O)(=O)C(F)F)cc1)Nc1ccc(Cl)cc1F. The van der Waals surface area contributed by atoms with Crippen molar-refractivity contribution < 1.29 is 35.9 Å². The molecule has 0 aromatic heterocycles. The van der Waals surface area contributed by atoms with Gasteiger partial charge in [-0.15, -0.1) is 0 Å². The minimum absolute atomic E-state index is 0.134. The number of hydrogen-bond donors (Lipinski definition) is 1. The smallest absolute Gasteiger partial charge is 0.341 e. The molecule has 0 saturated heterocycles. The fraction of sp³-hybridized carbons (Fsp3) is 0.125. The predicted octanol–water partition coefficient (Wildman–Crippen LogP) is 3.27. The molecule has 6 nitrogen and oxygen atoms in total. The Morgan fingerprint density at radius 3 is 2.30 bits per heavy atom. The molecule has 0 fully saturated rings. The summed E-state index contributed by atoms with van der Waals surface area (Å²) in [6.45, 7) is -0.752. The van der Waals surface area contributed by atoms with E-state index in [1.54, 1.807) is 0 Å². The number of ether oxygens (including phenoxy) is 1. The quantitative estimate of drug-likeness (QED) is 0.723. The molecule has 0 spiro atoms. The van der Waals surface area contributed by atoms with Crippen LogP contribution in [0, 0.1) is 5.82 Å². The van der Waals surface area contributed by atoms with Crippen LogP contribution in [-0.2, 0) is 19.4 Å². The molecule has 0 bridgehead atoms. The van der Waals surface area contributed by atoms with E-state index < -0.39 is 44.8 Å². The van der Waals surface area contributed by atoms with Gasteiger partial charge in [0.1, 0.15) is 5.82 Å². The molecule has 2 aromatic carbocycles. The number of rotatable bonds is 6. The zero-order valence-corrected chi connectivity index (χ0v) is 14.9. The Bertz CT molecular complexity index is 965. The number of carbonyl (C=O) groups excluding carboxylic acids is 2. The lowest BCUT2D eigenvalue weighted by molar-refractivity contribution is -0.119. The molecule has 1 N–H and O–H groups in total. The van der Waals surface area contributed by atoms with Crippen LogP contribution in [0.25, 0.3) is 0 Å². The third kappa shape index (κ3) is 5.20. The average Bonchev–Trinajstić information content (AvgIpc) is 2.62. The zero-order chi connectivity index (χ0) is 20.2. The fourth-order valence-electron chi connectivity index (χ4n) is 1.88. The van der Waals surface area contributed by atoms with E-state index >= 15 is 0 Å². The first-order chi connectivity index (χ1) is 12.6. The molecule has 144 valence electrons. The average molecular weight is 422 g/mol. The van der Waals surface area contributed by atoms with Crippen LogP contribution >= 0.6 is 11.6 Å². The van der Waals surface area contributed by atoms with Crippen LogP contribution in [0.1, 0.15) is 10.4 Å². The normalized spacial score (nSPS) is 11.3. The first-order valence-electron chi connectivity index (χ1n) is 7.15. The Labute approximate surface area is 156 Å². The van der Waals surface area contributed by atoms with E-state index in [1.165, 1.54) is 12.1 Å². The largest absolute Gasteiger partial charge is 0.452 e. The summed E-state index contributed by atoms with van der Waals surface area (Å²) in [6.07, 6.45) is 0. The third-order valence-electron chi connectivity index (χ3n) is 3.19. The lowest BCUT2D eigenvalue weighted by Gasteiger charge is -2.08.